The van der Waals surface area contributed by atoms with Gasteiger partial charge in [0.2, 0.25) is 0 Å². The molecule has 2 rings (SSSR count). The lowest BCUT2D eigenvalue weighted by Gasteiger charge is -2.42. The molecule has 0 aromatic carbocycles. The van der Waals surface area contributed by atoms with Crippen molar-refractivity contribution in [2.45, 2.75) is 40.2 Å². The van der Waals surface area contributed by atoms with E-state index in [0.717, 1.165) is 6.54 Å². The summed E-state index contributed by atoms with van der Waals surface area (Å²) in [4.78, 5) is 18.6. The Morgan fingerprint density at radius 3 is 2.86 bits per heavy atom. The average molecular weight is 291 g/mol. The summed E-state index contributed by atoms with van der Waals surface area (Å²) < 4.78 is 5.05. The van der Waals surface area contributed by atoms with E-state index in [1.54, 1.807) is 19.2 Å². The Morgan fingerprint density at radius 1 is 1.48 bits per heavy atom. The zero-order valence-corrected chi connectivity index (χ0v) is 13.3. The summed E-state index contributed by atoms with van der Waals surface area (Å²) in [5.74, 6) is 1.47. The molecule has 0 amide bonds. The van der Waals surface area contributed by atoms with E-state index >= 15 is 0 Å². The van der Waals surface area contributed by atoms with Gasteiger partial charge in [-0.3, -0.25) is 0 Å². The number of aromatic nitrogens is 1. The Morgan fingerprint density at radius 2 is 2.19 bits per heavy atom. The summed E-state index contributed by atoms with van der Waals surface area (Å²) in [6.07, 6.45) is 2.84. The van der Waals surface area contributed by atoms with Crippen LogP contribution in [0.5, 0.6) is 0 Å². The maximum Gasteiger partial charge on any atom is 0.340 e. The highest BCUT2D eigenvalue weighted by atomic mass is 16.5. The number of pyridine rings is 1. The lowest BCUT2D eigenvalue weighted by molar-refractivity contribution is 0.0527. The molecule has 1 aromatic heterocycles. The minimum atomic E-state index is -0.385. The maximum absolute atomic E-state index is 12.0. The Bertz CT molecular complexity index is 518. The molecule has 3 atom stereocenters. The zero-order valence-electron chi connectivity index (χ0n) is 13.3. The smallest absolute Gasteiger partial charge is 0.340 e. The second-order valence-corrected chi connectivity index (χ2v) is 6.03. The fourth-order valence-corrected chi connectivity index (χ4v) is 3.07. The molecule has 3 unspecified atom stereocenters. The summed E-state index contributed by atoms with van der Waals surface area (Å²) in [5, 5.41) is 0. The van der Waals surface area contributed by atoms with Crippen molar-refractivity contribution in [3.05, 3.63) is 17.8 Å². The number of nitrogens with two attached hydrogens (primary N) is 1. The minimum Gasteiger partial charge on any atom is -0.462 e. The fraction of sp³-hybridized carbons (Fsp3) is 0.625. The molecule has 1 fully saturated rings. The van der Waals surface area contributed by atoms with Crippen LogP contribution in [0.3, 0.4) is 0 Å². The molecule has 5 nitrogen and oxygen atoms in total. The summed E-state index contributed by atoms with van der Waals surface area (Å²) in [7, 11) is 0. The van der Waals surface area contributed by atoms with Crippen LogP contribution in [-0.2, 0) is 4.74 Å². The van der Waals surface area contributed by atoms with E-state index in [0.29, 0.717) is 41.6 Å². The Hall–Kier alpha value is -1.78. The van der Waals surface area contributed by atoms with Gasteiger partial charge in [-0.05, 0) is 38.2 Å². The predicted molar refractivity (Wildman–Crippen MR) is 84.4 cm³/mol. The van der Waals surface area contributed by atoms with Crippen molar-refractivity contribution in [2.75, 3.05) is 23.8 Å². The quantitative estimate of drug-likeness (QED) is 0.867. The first-order valence-electron chi connectivity index (χ1n) is 7.63. The monoisotopic (exact) mass is 291 g/mol. The van der Waals surface area contributed by atoms with E-state index in [1.165, 1.54) is 6.42 Å². The molecule has 0 saturated carbocycles. The van der Waals surface area contributed by atoms with Gasteiger partial charge in [0.25, 0.3) is 0 Å². The minimum absolute atomic E-state index is 0.337. The molecule has 116 valence electrons. The highest BCUT2D eigenvalue weighted by Crippen LogP contribution is 2.34. The molecule has 0 aliphatic carbocycles. The Kier molecular flexibility index (Phi) is 4.70. The van der Waals surface area contributed by atoms with Gasteiger partial charge in [0.05, 0.1) is 17.9 Å². The lowest BCUT2D eigenvalue weighted by Crippen LogP contribution is -2.46. The van der Waals surface area contributed by atoms with E-state index in [4.69, 9.17) is 10.5 Å². The number of nitrogen functional groups attached to an aromatic ring is 1. The predicted octanol–water partition coefficient (Wildman–Crippen LogP) is 2.71. The maximum atomic E-state index is 12.0. The molecule has 1 aromatic rings. The Labute approximate surface area is 126 Å². The van der Waals surface area contributed by atoms with E-state index in [9.17, 15) is 4.79 Å². The summed E-state index contributed by atoms with van der Waals surface area (Å²) in [5.41, 5.74) is 7.02. The average Bonchev–Trinajstić information content (AvgIpc) is 2.43. The number of hydrogen-bond donors (Lipinski definition) is 1. The number of esters is 1. The van der Waals surface area contributed by atoms with Gasteiger partial charge in [0.1, 0.15) is 0 Å². The third kappa shape index (κ3) is 3.12. The van der Waals surface area contributed by atoms with Crippen molar-refractivity contribution in [3.8, 4) is 0 Å². The largest absolute Gasteiger partial charge is 0.462 e. The van der Waals surface area contributed by atoms with Crippen LogP contribution in [0.25, 0.3) is 0 Å². The van der Waals surface area contributed by atoms with Gasteiger partial charge in [0.15, 0.2) is 5.82 Å². The van der Waals surface area contributed by atoms with Crippen LogP contribution in [0.2, 0.25) is 0 Å². The third-order valence-corrected chi connectivity index (χ3v) is 4.33. The number of nitrogens with zero attached hydrogens (tertiary/aromatic N) is 2. The van der Waals surface area contributed by atoms with Crippen LogP contribution in [0, 0.1) is 11.8 Å². The number of ether oxygens (including phenoxy) is 1. The number of anilines is 2. The van der Waals surface area contributed by atoms with Gasteiger partial charge < -0.3 is 15.4 Å². The number of hydrogen-bond acceptors (Lipinski definition) is 5. The first kappa shape index (κ1) is 15.6. The normalized spacial score (nSPS) is 25.7. The first-order chi connectivity index (χ1) is 9.95. The summed E-state index contributed by atoms with van der Waals surface area (Å²) in [6, 6.07) is 1.98. The lowest BCUT2D eigenvalue weighted by atomic mass is 9.86. The number of carbonyl (C=O) groups is 1. The van der Waals surface area contributed by atoms with Crippen molar-refractivity contribution in [1.82, 2.24) is 4.98 Å². The van der Waals surface area contributed by atoms with E-state index in [-0.39, 0.29) is 5.97 Å². The molecular weight excluding hydrogens is 266 g/mol. The van der Waals surface area contributed by atoms with E-state index in [2.05, 4.69) is 30.7 Å². The molecule has 2 heterocycles. The van der Waals surface area contributed by atoms with Crippen molar-refractivity contribution in [2.24, 2.45) is 11.8 Å². The van der Waals surface area contributed by atoms with Crippen LogP contribution >= 0.6 is 0 Å². The summed E-state index contributed by atoms with van der Waals surface area (Å²) in [6.45, 7) is 9.71. The molecule has 0 radical (unpaired) electrons. The van der Waals surface area contributed by atoms with Gasteiger partial charge in [-0.25, -0.2) is 9.78 Å². The van der Waals surface area contributed by atoms with E-state index < -0.39 is 0 Å². The standard InChI is InChI=1S/C16H25N3O2/c1-5-21-16(20)13-6-7-18-15(14(13)17)19-9-10(2)8-11(3)12(19)4/h6-7,10-12H,5,8-9,17H2,1-4H3. The van der Waals surface area contributed by atoms with Gasteiger partial charge in [-0.2, -0.15) is 0 Å². The van der Waals surface area contributed by atoms with Crippen LogP contribution in [0.1, 0.15) is 44.5 Å². The van der Waals surface area contributed by atoms with Crippen molar-refractivity contribution >= 4 is 17.5 Å². The topological polar surface area (TPSA) is 68.5 Å². The zero-order chi connectivity index (χ0) is 15.6. The number of rotatable bonds is 3. The highest BCUT2D eigenvalue weighted by Gasteiger charge is 2.31. The molecule has 1 saturated heterocycles. The second kappa shape index (κ2) is 6.33. The van der Waals surface area contributed by atoms with Gasteiger partial charge >= 0.3 is 5.97 Å². The molecule has 21 heavy (non-hydrogen) atoms. The molecule has 0 spiro atoms. The van der Waals surface area contributed by atoms with Crippen LogP contribution in [-0.4, -0.2) is 30.1 Å². The second-order valence-electron chi connectivity index (χ2n) is 6.03. The van der Waals surface area contributed by atoms with Gasteiger partial charge in [0, 0.05) is 18.8 Å². The fourth-order valence-electron chi connectivity index (χ4n) is 3.07. The molecule has 1 aliphatic heterocycles. The number of carbonyl (C=O) groups excluding carboxylic acids is 1. The van der Waals surface area contributed by atoms with Gasteiger partial charge in [-0.15, -0.1) is 0 Å². The Balaban J connectivity index is 2.35. The number of piperidine rings is 1. The first-order valence-corrected chi connectivity index (χ1v) is 7.63. The molecule has 0 bridgehead atoms. The molecule has 1 aliphatic rings. The molecular formula is C16H25N3O2. The highest BCUT2D eigenvalue weighted by molar-refractivity contribution is 5.97. The van der Waals surface area contributed by atoms with Crippen LogP contribution < -0.4 is 10.6 Å². The van der Waals surface area contributed by atoms with Crippen molar-refractivity contribution in [3.63, 3.8) is 0 Å². The molecule has 5 heteroatoms. The van der Waals surface area contributed by atoms with Crippen molar-refractivity contribution in [1.29, 1.82) is 0 Å². The summed E-state index contributed by atoms with van der Waals surface area (Å²) >= 11 is 0. The van der Waals surface area contributed by atoms with Crippen LogP contribution in [0.4, 0.5) is 11.5 Å². The van der Waals surface area contributed by atoms with Crippen LogP contribution in [0.15, 0.2) is 12.3 Å². The van der Waals surface area contributed by atoms with Crippen molar-refractivity contribution < 1.29 is 9.53 Å². The SMILES string of the molecule is CCOC(=O)c1ccnc(N2CC(C)CC(C)C2C)c1N. The molecule has 2 N–H and O–H groups in total. The van der Waals surface area contributed by atoms with Gasteiger partial charge in [-0.1, -0.05) is 13.8 Å². The van der Waals surface area contributed by atoms with E-state index in [1.807, 2.05) is 0 Å². The third-order valence-electron chi connectivity index (χ3n) is 4.33.